The summed E-state index contributed by atoms with van der Waals surface area (Å²) in [5, 5.41) is 3.15. The molecule has 17 heavy (non-hydrogen) atoms. The van der Waals surface area contributed by atoms with Gasteiger partial charge >= 0.3 is 0 Å². The summed E-state index contributed by atoms with van der Waals surface area (Å²) >= 11 is 0. The molecule has 1 nitrogen and oxygen atoms in total. The Balaban J connectivity index is 2.87. The number of hydrogen-bond donors (Lipinski definition) is 1. The lowest BCUT2D eigenvalue weighted by molar-refractivity contribution is 0.455. The first-order valence-corrected chi connectivity index (χ1v) is 5.77. The zero-order valence-electron chi connectivity index (χ0n) is 10.2. The standard InChI is InChI=1S/C14H17F2N/c1-3-5-6-10-13(17-4-2)11-8-7-9-12(15)14(11)16/h7-9,13,17H,4,6,10H2,1-2H3. The van der Waals surface area contributed by atoms with Crippen LogP contribution in [0.15, 0.2) is 18.2 Å². The number of nitrogens with one attached hydrogen (secondary N) is 1. The number of halogens is 2. The third-order valence-electron chi connectivity index (χ3n) is 2.54. The SMILES string of the molecule is CC#CCCC(NCC)c1cccc(F)c1F. The average Bonchev–Trinajstić information content (AvgIpc) is 2.32. The summed E-state index contributed by atoms with van der Waals surface area (Å²) in [4.78, 5) is 0. The van der Waals surface area contributed by atoms with Crippen LogP contribution in [0.2, 0.25) is 0 Å². The van der Waals surface area contributed by atoms with Gasteiger partial charge in [0.2, 0.25) is 0 Å². The molecule has 1 unspecified atom stereocenters. The third-order valence-corrected chi connectivity index (χ3v) is 2.54. The van der Waals surface area contributed by atoms with E-state index in [0.29, 0.717) is 24.9 Å². The molecule has 0 radical (unpaired) electrons. The normalized spacial score (nSPS) is 11.8. The highest BCUT2D eigenvalue weighted by molar-refractivity contribution is 5.22. The summed E-state index contributed by atoms with van der Waals surface area (Å²) in [5.74, 6) is 4.17. The van der Waals surface area contributed by atoms with Gasteiger partial charge in [-0.25, -0.2) is 8.78 Å². The second-order valence-corrected chi connectivity index (χ2v) is 3.72. The molecule has 1 N–H and O–H groups in total. The Kier molecular flexibility index (Phi) is 5.65. The Bertz CT molecular complexity index is 418. The first-order chi connectivity index (χ1) is 8.20. The van der Waals surface area contributed by atoms with Crippen LogP contribution >= 0.6 is 0 Å². The van der Waals surface area contributed by atoms with Crippen LogP contribution < -0.4 is 5.32 Å². The van der Waals surface area contributed by atoms with Gasteiger partial charge in [0.1, 0.15) is 0 Å². The first kappa shape index (κ1) is 13.7. The van der Waals surface area contributed by atoms with Crippen molar-refractivity contribution in [2.75, 3.05) is 6.54 Å². The quantitative estimate of drug-likeness (QED) is 0.774. The molecular formula is C14H17F2N. The van der Waals surface area contributed by atoms with Gasteiger partial charge in [0.25, 0.3) is 0 Å². The molecule has 1 aromatic carbocycles. The highest BCUT2D eigenvalue weighted by atomic mass is 19.2. The molecule has 0 saturated carbocycles. The fourth-order valence-electron chi connectivity index (χ4n) is 1.75. The van der Waals surface area contributed by atoms with Crippen LogP contribution in [0.4, 0.5) is 8.78 Å². The van der Waals surface area contributed by atoms with E-state index in [1.165, 1.54) is 6.07 Å². The number of benzene rings is 1. The zero-order valence-corrected chi connectivity index (χ0v) is 10.2. The summed E-state index contributed by atoms with van der Waals surface area (Å²) in [6, 6.07) is 4.10. The predicted molar refractivity (Wildman–Crippen MR) is 65.5 cm³/mol. The Morgan fingerprint density at radius 2 is 2.12 bits per heavy atom. The van der Waals surface area contributed by atoms with E-state index < -0.39 is 11.6 Å². The Labute approximate surface area is 101 Å². The maximum Gasteiger partial charge on any atom is 0.163 e. The van der Waals surface area contributed by atoms with Crippen molar-refractivity contribution < 1.29 is 8.78 Å². The van der Waals surface area contributed by atoms with E-state index in [1.54, 1.807) is 13.0 Å². The molecule has 1 atom stereocenters. The summed E-state index contributed by atoms with van der Waals surface area (Å²) in [6.45, 7) is 4.42. The van der Waals surface area contributed by atoms with E-state index in [2.05, 4.69) is 17.2 Å². The van der Waals surface area contributed by atoms with E-state index in [0.717, 1.165) is 6.07 Å². The summed E-state index contributed by atoms with van der Waals surface area (Å²) in [6.07, 6.45) is 1.35. The molecule has 0 bridgehead atoms. The highest BCUT2D eigenvalue weighted by Gasteiger charge is 2.16. The van der Waals surface area contributed by atoms with Crippen molar-refractivity contribution in [1.82, 2.24) is 5.32 Å². The van der Waals surface area contributed by atoms with Crippen molar-refractivity contribution in [3.05, 3.63) is 35.4 Å². The molecule has 0 aromatic heterocycles. The fraction of sp³-hybridized carbons (Fsp3) is 0.429. The van der Waals surface area contributed by atoms with E-state index >= 15 is 0 Å². The molecule has 3 heteroatoms. The van der Waals surface area contributed by atoms with E-state index in [1.807, 2.05) is 6.92 Å². The van der Waals surface area contributed by atoms with Gasteiger partial charge < -0.3 is 5.32 Å². The molecule has 0 spiro atoms. The maximum atomic E-state index is 13.6. The van der Waals surface area contributed by atoms with Crippen LogP contribution in [0.1, 0.15) is 38.3 Å². The lowest BCUT2D eigenvalue weighted by Gasteiger charge is -2.18. The zero-order chi connectivity index (χ0) is 12.7. The van der Waals surface area contributed by atoms with Gasteiger partial charge in [-0.3, -0.25) is 0 Å². The lowest BCUT2D eigenvalue weighted by atomic mass is 10.0. The minimum Gasteiger partial charge on any atom is -0.310 e. The van der Waals surface area contributed by atoms with Crippen LogP contribution in [-0.2, 0) is 0 Å². The van der Waals surface area contributed by atoms with Crippen molar-refractivity contribution >= 4 is 0 Å². The van der Waals surface area contributed by atoms with Gasteiger partial charge in [-0.2, -0.15) is 0 Å². The van der Waals surface area contributed by atoms with Crippen LogP contribution in [0.3, 0.4) is 0 Å². The van der Waals surface area contributed by atoms with Gasteiger partial charge in [-0.05, 0) is 26.0 Å². The molecule has 0 aliphatic carbocycles. The van der Waals surface area contributed by atoms with Gasteiger partial charge in [-0.15, -0.1) is 11.8 Å². The summed E-state index contributed by atoms with van der Waals surface area (Å²) < 4.78 is 26.8. The topological polar surface area (TPSA) is 12.0 Å². The molecule has 0 amide bonds. The van der Waals surface area contributed by atoms with Gasteiger partial charge in [0.05, 0.1) is 0 Å². The van der Waals surface area contributed by atoms with Crippen LogP contribution in [0.25, 0.3) is 0 Å². The van der Waals surface area contributed by atoms with Gasteiger partial charge in [0.15, 0.2) is 11.6 Å². The predicted octanol–water partition coefficient (Wildman–Crippen LogP) is 3.42. The van der Waals surface area contributed by atoms with E-state index in [9.17, 15) is 8.78 Å². The highest BCUT2D eigenvalue weighted by Crippen LogP contribution is 2.22. The van der Waals surface area contributed by atoms with Crippen LogP contribution in [0, 0.1) is 23.5 Å². The largest absolute Gasteiger partial charge is 0.310 e. The smallest absolute Gasteiger partial charge is 0.163 e. The lowest BCUT2D eigenvalue weighted by Crippen LogP contribution is -2.22. The molecule has 1 aromatic rings. The van der Waals surface area contributed by atoms with Crippen molar-refractivity contribution in [3.63, 3.8) is 0 Å². The second-order valence-electron chi connectivity index (χ2n) is 3.72. The van der Waals surface area contributed by atoms with Crippen molar-refractivity contribution in [3.8, 4) is 11.8 Å². The summed E-state index contributed by atoms with van der Waals surface area (Å²) in [5.41, 5.74) is 0.379. The fourth-order valence-corrected chi connectivity index (χ4v) is 1.75. The summed E-state index contributed by atoms with van der Waals surface area (Å²) in [7, 11) is 0. The molecule has 0 aliphatic heterocycles. The van der Waals surface area contributed by atoms with Crippen LogP contribution in [0.5, 0.6) is 0 Å². The minimum absolute atomic E-state index is 0.184. The number of hydrogen-bond acceptors (Lipinski definition) is 1. The maximum absolute atomic E-state index is 13.6. The number of rotatable bonds is 5. The van der Waals surface area contributed by atoms with Crippen molar-refractivity contribution in [2.45, 2.75) is 32.7 Å². The van der Waals surface area contributed by atoms with Gasteiger partial charge in [-0.1, -0.05) is 19.1 Å². The Morgan fingerprint density at radius 1 is 1.35 bits per heavy atom. The molecule has 0 saturated heterocycles. The Morgan fingerprint density at radius 3 is 2.76 bits per heavy atom. The van der Waals surface area contributed by atoms with Crippen molar-refractivity contribution in [2.24, 2.45) is 0 Å². The van der Waals surface area contributed by atoms with Crippen LogP contribution in [-0.4, -0.2) is 6.54 Å². The third kappa shape index (κ3) is 3.83. The molecule has 92 valence electrons. The molecule has 1 rings (SSSR count). The molecular weight excluding hydrogens is 220 g/mol. The monoisotopic (exact) mass is 237 g/mol. The Hall–Kier alpha value is -1.40. The minimum atomic E-state index is -0.799. The molecule has 0 fully saturated rings. The first-order valence-electron chi connectivity index (χ1n) is 5.77. The van der Waals surface area contributed by atoms with Gasteiger partial charge in [0, 0.05) is 18.0 Å². The van der Waals surface area contributed by atoms with Crippen molar-refractivity contribution in [1.29, 1.82) is 0 Å². The second kappa shape index (κ2) is 7.03. The van der Waals surface area contributed by atoms with E-state index in [4.69, 9.17) is 0 Å². The average molecular weight is 237 g/mol. The molecule has 0 aliphatic rings. The van der Waals surface area contributed by atoms with E-state index in [-0.39, 0.29) is 6.04 Å². The molecule has 0 heterocycles.